The van der Waals surface area contributed by atoms with Crippen LogP contribution in [-0.4, -0.2) is 47.0 Å². The molecule has 1 saturated heterocycles. The van der Waals surface area contributed by atoms with E-state index in [1.807, 2.05) is 29.2 Å². The summed E-state index contributed by atoms with van der Waals surface area (Å²) >= 11 is 6.50. The molecule has 0 aromatic carbocycles. The van der Waals surface area contributed by atoms with Crippen LogP contribution in [0, 0.1) is 0 Å². The Balaban J connectivity index is 1.45. The maximum atomic E-state index is 12.5. The zero-order valence-electron chi connectivity index (χ0n) is 12.1. The molecule has 4 heterocycles. The molecule has 1 amide bonds. The molecule has 118 valence electrons. The van der Waals surface area contributed by atoms with Gasteiger partial charge in [0.1, 0.15) is 10.3 Å². The average molecular weight is 409 g/mol. The van der Waals surface area contributed by atoms with Crippen molar-refractivity contribution < 1.29 is 4.79 Å². The smallest absolute Gasteiger partial charge is 0.264 e. The molecule has 0 N–H and O–H groups in total. The van der Waals surface area contributed by atoms with Crippen LogP contribution in [0.25, 0.3) is 10.3 Å². The highest BCUT2D eigenvalue weighted by molar-refractivity contribution is 9.11. The third-order valence-electron chi connectivity index (χ3n) is 3.78. The Bertz CT molecular complexity index is 821. The van der Waals surface area contributed by atoms with Crippen molar-refractivity contribution in [1.82, 2.24) is 14.9 Å². The molecule has 0 spiro atoms. The highest BCUT2D eigenvalue weighted by Gasteiger charge is 2.24. The Morgan fingerprint density at radius 1 is 1.13 bits per heavy atom. The van der Waals surface area contributed by atoms with Gasteiger partial charge >= 0.3 is 0 Å². The highest BCUT2D eigenvalue weighted by atomic mass is 79.9. The molecule has 0 radical (unpaired) electrons. The lowest BCUT2D eigenvalue weighted by Crippen LogP contribution is -2.48. The number of pyridine rings is 1. The monoisotopic (exact) mass is 408 g/mol. The third-order valence-corrected chi connectivity index (χ3v) is 6.43. The van der Waals surface area contributed by atoms with Crippen molar-refractivity contribution in [3.05, 3.63) is 39.1 Å². The molecule has 3 aromatic heterocycles. The number of rotatable bonds is 2. The number of carbonyl (C=O) groups excluding carboxylic acids is 1. The predicted octanol–water partition coefficient (Wildman–Crippen LogP) is 3.48. The first kappa shape index (κ1) is 15.0. The number of halogens is 1. The highest BCUT2D eigenvalue weighted by Crippen LogP contribution is 2.28. The van der Waals surface area contributed by atoms with Gasteiger partial charge in [0.05, 0.1) is 8.66 Å². The van der Waals surface area contributed by atoms with E-state index in [2.05, 4.69) is 30.8 Å². The van der Waals surface area contributed by atoms with Gasteiger partial charge in [-0.15, -0.1) is 11.3 Å². The van der Waals surface area contributed by atoms with Crippen LogP contribution in [0.2, 0.25) is 0 Å². The topological polar surface area (TPSA) is 49.3 Å². The van der Waals surface area contributed by atoms with Gasteiger partial charge in [-0.2, -0.15) is 0 Å². The number of thiazole rings is 1. The summed E-state index contributed by atoms with van der Waals surface area (Å²) in [5, 5.41) is 0.990. The zero-order chi connectivity index (χ0) is 15.8. The Labute approximate surface area is 149 Å². The van der Waals surface area contributed by atoms with Crippen LogP contribution < -0.4 is 4.90 Å². The van der Waals surface area contributed by atoms with Crippen molar-refractivity contribution in [3.63, 3.8) is 0 Å². The van der Waals surface area contributed by atoms with Crippen LogP contribution in [-0.2, 0) is 0 Å². The number of nitrogens with zero attached hydrogens (tertiary/aromatic N) is 4. The first-order valence-corrected chi connectivity index (χ1v) is 9.64. The quantitative estimate of drug-likeness (QED) is 0.651. The average Bonchev–Trinajstić information content (AvgIpc) is 3.20. The Kier molecular flexibility index (Phi) is 4.04. The van der Waals surface area contributed by atoms with Crippen molar-refractivity contribution in [1.29, 1.82) is 0 Å². The summed E-state index contributed by atoms with van der Waals surface area (Å²) in [5.41, 5.74) is 0.939. The van der Waals surface area contributed by atoms with E-state index >= 15 is 0 Å². The van der Waals surface area contributed by atoms with E-state index in [0.29, 0.717) is 0 Å². The number of piperazine rings is 1. The Hall–Kier alpha value is -1.51. The molecule has 1 aliphatic heterocycles. The fourth-order valence-corrected chi connectivity index (χ4v) is 4.89. The van der Waals surface area contributed by atoms with E-state index in [1.165, 1.54) is 11.3 Å². The lowest BCUT2D eigenvalue weighted by Gasteiger charge is -2.34. The number of fused-ring (bicyclic) bond motifs is 1. The molecule has 0 bridgehead atoms. The van der Waals surface area contributed by atoms with E-state index in [4.69, 9.17) is 0 Å². The van der Waals surface area contributed by atoms with E-state index < -0.39 is 0 Å². The summed E-state index contributed by atoms with van der Waals surface area (Å²) in [4.78, 5) is 27.4. The molecule has 23 heavy (non-hydrogen) atoms. The summed E-state index contributed by atoms with van der Waals surface area (Å²) < 4.78 is 0.987. The molecule has 1 aliphatic rings. The summed E-state index contributed by atoms with van der Waals surface area (Å²) in [6.07, 6.45) is 1.79. The van der Waals surface area contributed by atoms with E-state index in [1.54, 1.807) is 17.5 Å². The largest absolute Gasteiger partial charge is 0.344 e. The van der Waals surface area contributed by atoms with Crippen molar-refractivity contribution in [3.8, 4) is 0 Å². The zero-order valence-corrected chi connectivity index (χ0v) is 15.3. The normalized spacial score (nSPS) is 15.3. The van der Waals surface area contributed by atoms with Crippen LogP contribution in [0.1, 0.15) is 9.67 Å². The maximum Gasteiger partial charge on any atom is 0.264 e. The van der Waals surface area contributed by atoms with Crippen molar-refractivity contribution in [2.45, 2.75) is 0 Å². The second kappa shape index (κ2) is 6.18. The van der Waals surface area contributed by atoms with Crippen molar-refractivity contribution in [2.75, 3.05) is 31.1 Å². The first-order valence-electron chi connectivity index (χ1n) is 7.22. The number of thiophene rings is 1. The molecule has 3 aromatic rings. The van der Waals surface area contributed by atoms with Crippen molar-refractivity contribution in [2.24, 2.45) is 0 Å². The van der Waals surface area contributed by atoms with Crippen LogP contribution in [0.15, 0.2) is 34.2 Å². The van der Waals surface area contributed by atoms with Gasteiger partial charge in [-0.25, -0.2) is 9.97 Å². The van der Waals surface area contributed by atoms with Gasteiger partial charge in [0.2, 0.25) is 0 Å². The number of carbonyl (C=O) groups is 1. The van der Waals surface area contributed by atoms with Crippen LogP contribution >= 0.6 is 38.6 Å². The van der Waals surface area contributed by atoms with Crippen molar-refractivity contribution >= 4 is 60.0 Å². The van der Waals surface area contributed by atoms with E-state index in [-0.39, 0.29) is 5.91 Å². The van der Waals surface area contributed by atoms with E-state index in [0.717, 1.165) is 50.3 Å². The fourth-order valence-electron chi connectivity index (χ4n) is 2.58. The first-order chi connectivity index (χ1) is 11.2. The maximum absolute atomic E-state index is 12.5. The van der Waals surface area contributed by atoms with Gasteiger partial charge in [-0.3, -0.25) is 4.79 Å². The second-order valence-electron chi connectivity index (χ2n) is 5.21. The third kappa shape index (κ3) is 2.98. The molecular weight excluding hydrogens is 396 g/mol. The molecule has 0 aliphatic carbocycles. The van der Waals surface area contributed by atoms with Crippen LogP contribution in [0.4, 0.5) is 5.13 Å². The van der Waals surface area contributed by atoms with Gasteiger partial charge < -0.3 is 9.80 Å². The standard InChI is InChI=1S/C15H13BrN4OS2/c16-12-4-3-11(22-12)14(21)19-6-8-20(9-7-19)15-18-10-2-1-5-17-13(10)23-15/h1-5H,6-9H2. The van der Waals surface area contributed by atoms with Gasteiger partial charge in [-0.05, 0) is 40.2 Å². The Morgan fingerprint density at radius 3 is 2.65 bits per heavy atom. The number of anilines is 1. The van der Waals surface area contributed by atoms with Crippen LogP contribution in [0.3, 0.4) is 0 Å². The molecule has 8 heteroatoms. The lowest BCUT2D eigenvalue weighted by molar-refractivity contribution is 0.0751. The predicted molar refractivity (Wildman–Crippen MR) is 97.6 cm³/mol. The SMILES string of the molecule is O=C(c1ccc(Br)s1)N1CCN(c2nc3cccnc3s2)CC1. The van der Waals surface area contributed by atoms with Gasteiger partial charge in [-0.1, -0.05) is 11.3 Å². The van der Waals surface area contributed by atoms with E-state index in [9.17, 15) is 4.79 Å². The van der Waals surface area contributed by atoms with Gasteiger partial charge in [0.25, 0.3) is 5.91 Å². The molecule has 0 unspecified atom stereocenters. The second-order valence-corrected chi connectivity index (χ2v) is 8.63. The molecular formula is C15H13BrN4OS2. The Morgan fingerprint density at radius 2 is 1.96 bits per heavy atom. The minimum Gasteiger partial charge on any atom is -0.344 e. The number of hydrogen-bond acceptors (Lipinski definition) is 6. The minimum atomic E-state index is 0.117. The van der Waals surface area contributed by atoms with Gasteiger partial charge in [0, 0.05) is 32.4 Å². The molecule has 0 atom stereocenters. The molecule has 1 fully saturated rings. The van der Waals surface area contributed by atoms with Crippen LogP contribution in [0.5, 0.6) is 0 Å². The summed E-state index contributed by atoms with van der Waals surface area (Å²) in [6, 6.07) is 7.68. The minimum absolute atomic E-state index is 0.117. The number of hydrogen-bond donors (Lipinski definition) is 0. The lowest BCUT2D eigenvalue weighted by atomic mass is 10.3. The summed E-state index contributed by atoms with van der Waals surface area (Å²) in [6.45, 7) is 3.05. The summed E-state index contributed by atoms with van der Waals surface area (Å²) in [7, 11) is 0. The molecule has 5 nitrogen and oxygen atoms in total. The van der Waals surface area contributed by atoms with Gasteiger partial charge in [0.15, 0.2) is 5.13 Å². The molecule has 0 saturated carbocycles. The molecule has 4 rings (SSSR count). The number of amides is 1. The fraction of sp³-hybridized carbons (Fsp3) is 0.267. The number of aromatic nitrogens is 2. The summed E-state index contributed by atoms with van der Waals surface area (Å²) in [5.74, 6) is 0.117.